The third kappa shape index (κ3) is 2.38. The predicted molar refractivity (Wildman–Crippen MR) is 72.2 cm³/mol. The Balaban J connectivity index is 2.18. The van der Waals surface area contributed by atoms with Crippen molar-refractivity contribution in [2.45, 2.75) is 44.9 Å². The summed E-state index contributed by atoms with van der Waals surface area (Å²) in [6, 6.07) is 7.77. The van der Waals surface area contributed by atoms with Gasteiger partial charge >= 0.3 is 0 Å². The van der Waals surface area contributed by atoms with Gasteiger partial charge in [0.15, 0.2) is 0 Å². The fourth-order valence-corrected chi connectivity index (χ4v) is 3.00. The minimum atomic E-state index is 0.136. The normalized spacial score (nSPS) is 28.9. The minimum absolute atomic E-state index is 0.136. The lowest BCUT2D eigenvalue weighted by molar-refractivity contribution is 0.264. The molecule has 1 saturated carbocycles. The second-order valence-corrected chi connectivity index (χ2v) is 5.70. The number of rotatable bonds is 2. The summed E-state index contributed by atoms with van der Waals surface area (Å²) in [5.74, 6) is 1.12. The van der Waals surface area contributed by atoms with Crippen molar-refractivity contribution in [2.75, 3.05) is 0 Å². The highest BCUT2D eigenvalue weighted by Crippen LogP contribution is 2.45. The molecule has 1 aromatic carbocycles. The van der Waals surface area contributed by atoms with Gasteiger partial charge in [-0.25, -0.2) is 0 Å². The van der Waals surface area contributed by atoms with Crippen LogP contribution in [0.3, 0.4) is 0 Å². The maximum Gasteiger partial charge on any atom is 0.119 e. The van der Waals surface area contributed by atoms with Gasteiger partial charge in [-0.3, -0.25) is 0 Å². The van der Waals surface area contributed by atoms with Crippen molar-refractivity contribution < 1.29 is 5.11 Å². The molecule has 1 N–H and O–H groups in total. The van der Waals surface area contributed by atoms with Crippen LogP contribution in [0.4, 0.5) is 0 Å². The topological polar surface area (TPSA) is 20.2 Å². The first-order valence-corrected chi connectivity index (χ1v) is 6.47. The van der Waals surface area contributed by atoms with E-state index in [1.54, 1.807) is 6.07 Å². The Labute approximate surface area is 104 Å². The Hall–Kier alpha value is -1.24. The lowest BCUT2D eigenvalue weighted by Crippen LogP contribution is -2.29. The summed E-state index contributed by atoms with van der Waals surface area (Å²) in [4.78, 5) is 0. The first kappa shape index (κ1) is 12.2. The molecule has 2 rings (SSSR count). The van der Waals surface area contributed by atoms with Crippen LogP contribution in [-0.2, 0) is 5.41 Å². The van der Waals surface area contributed by atoms with Crippen LogP contribution in [0.15, 0.2) is 36.4 Å². The summed E-state index contributed by atoms with van der Waals surface area (Å²) < 4.78 is 0. The Morgan fingerprint density at radius 2 is 1.88 bits per heavy atom. The van der Waals surface area contributed by atoms with Gasteiger partial charge in [-0.2, -0.15) is 0 Å². The van der Waals surface area contributed by atoms with E-state index >= 15 is 0 Å². The highest BCUT2D eigenvalue weighted by molar-refractivity contribution is 5.38. The Morgan fingerprint density at radius 3 is 2.41 bits per heavy atom. The maximum atomic E-state index is 9.99. The van der Waals surface area contributed by atoms with Gasteiger partial charge in [-0.1, -0.05) is 37.3 Å². The standard InChI is InChI=1S/C16H22O/c1-12(2)13-8-10-16(3,11-9-13)14-6-4-5-7-15(14)17/h4-7,13,17H,1,8-11H2,2-3H3. The number of phenolic OH excluding ortho intramolecular Hbond substituents is 1. The second-order valence-electron chi connectivity index (χ2n) is 5.70. The van der Waals surface area contributed by atoms with Crippen molar-refractivity contribution in [1.29, 1.82) is 0 Å². The smallest absolute Gasteiger partial charge is 0.119 e. The Kier molecular flexibility index (Phi) is 3.28. The molecule has 0 unspecified atom stereocenters. The van der Waals surface area contributed by atoms with Crippen molar-refractivity contribution in [3.63, 3.8) is 0 Å². The zero-order valence-corrected chi connectivity index (χ0v) is 10.9. The molecule has 0 saturated heterocycles. The molecule has 1 aromatic rings. The molecule has 1 fully saturated rings. The van der Waals surface area contributed by atoms with Gasteiger partial charge in [-0.15, -0.1) is 0 Å². The van der Waals surface area contributed by atoms with Gasteiger partial charge in [0, 0.05) is 0 Å². The van der Waals surface area contributed by atoms with E-state index in [0.29, 0.717) is 11.7 Å². The fourth-order valence-electron chi connectivity index (χ4n) is 3.00. The molecule has 0 spiro atoms. The van der Waals surface area contributed by atoms with Crippen molar-refractivity contribution in [1.82, 2.24) is 0 Å². The highest BCUT2D eigenvalue weighted by atomic mass is 16.3. The number of benzene rings is 1. The molecular weight excluding hydrogens is 208 g/mol. The van der Waals surface area contributed by atoms with Crippen molar-refractivity contribution in [2.24, 2.45) is 5.92 Å². The zero-order chi connectivity index (χ0) is 12.5. The summed E-state index contributed by atoms with van der Waals surface area (Å²) in [7, 11) is 0. The van der Waals surface area contributed by atoms with Crippen LogP contribution in [-0.4, -0.2) is 5.11 Å². The Morgan fingerprint density at radius 1 is 1.29 bits per heavy atom. The lowest BCUT2D eigenvalue weighted by atomic mass is 9.66. The van der Waals surface area contributed by atoms with Gasteiger partial charge < -0.3 is 5.11 Å². The zero-order valence-electron chi connectivity index (χ0n) is 10.9. The average Bonchev–Trinajstić information content (AvgIpc) is 2.30. The molecule has 0 bridgehead atoms. The van der Waals surface area contributed by atoms with Crippen molar-refractivity contribution in [3.8, 4) is 5.75 Å². The summed E-state index contributed by atoms with van der Waals surface area (Å²) >= 11 is 0. The monoisotopic (exact) mass is 230 g/mol. The van der Waals surface area contributed by atoms with E-state index in [2.05, 4.69) is 26.5 Å². The highest BCUT2D eigenvalue weighted by Gasteiger charge is 2.34. The third-order valence-corrected chi connectivity index (χ3v) is 4.34. The molecule has 1 heteroatoms. The van der Waals surface area contributed by atoms with Crippen molar-refractivity contribution >= 4 is 0 Å². The van der Waals surface area contributed by atoms with Gasteiger partial charge in [0.05, 0.1) is 0 Å². The molecule has 1 nitrogen and oxygen atoms in total. The number of hydrogen-bond acceptors (Lipinski definition) is 1. The molecule has 0 aromatic heterocycles. The van der Waals surface area contributed by atoms with Gasteiger partial charge in [0.2, 0.25) is 0 Å². The fraction of sp³-hybridized carbons (Fsp3) is 0.500. The quantitative estimate of drug-likeness (QED) is 0.746. The molecule has 17 heavy (non-hydrogen) atoms. The second kappa shape index (κ2) is 4.56. The minimum Gasteiger partial charge on any atom is -0.508 e. The van der Waals surface area contributed by atoms with E-state index in [9.17, 15) is 5.11 Å². The van der Waals surface area contributed by atoms with Crippen LogP contribution in [0.25, 0.3) is 0 Å². The summed E-state index contributed by atoms with van der Waals surface area (Å²) in [6.45, 7) is 8.47. The summed E-state index contributed by atoms with van der Waals surface area (Å²) in [5.41, 5.74) is 2.56. The molecule has 0 radical (unpaired) electrons. The predicted octanol–water partition coefficient (Wildman–Crippen LogP) is 4.42. The molecule has 92 valence electrons. The third-order valence-electron chi connectivity index (χ3n) is 4.34. The first-order chi connectivity index (χ1) is 8.03. The van der Waals surface area contributed by atoms with Crippen LogP contribution in [0.5, 0.6) is 5.75 Å². The molecule has 0 aliphatic heterocycles. The number of para-hydroxylation sites is 1. The van der Waals surface area contributed by atoms with E-state index in [1.807, 2.05) is 12.1 Å². The number of hydrogen-bond donors (Lipinski definition) is 1. The molecule has 1 aliphatic carbocycles. The summed E-state index contributed by atoms with van der Waals surface area (Å²) in [5, 5.41) is 9.99. The van der Waals surface area contributed by atoms with E-state index in [-0.39, 0.29) is 5.41 Å². The molecule has 0 amide bonds. The van der Waals surface area contributed by atoms with Crippen LogP contribution in [0.1, 0.15) is 45.1 Å². The van der Waals surface area contributed by atoms with Crippen LogP contribution < -0.4 is 0 Å². The van der Waals surface area contributed by atoms with Gasteiger partial charge in [0.25, 0.3) is 0 Å². The van der Waals surface area contributed by atoms with E-state index in [4.69, 9.17) is 0 Å². The van der Waals surface area contributed by atoms with E-state index in [0.717, 1.165) is 18.4 Å². The Bertz CT molecular complexity index is 411. The van der Waals surface area contributed by atoms with Crippen LogP contribution in [0.2, 0.25) is 0 Å². The summed E-state index contributed by atoms with van der Waals surface area (Å²) in [6.07, 6.45) is 4.67. The van der Waals surface area contributed by atoms with E-state index < -0.39 is 0 Å². The van der Waals surface area contributed by atoms with Gasteiger partial charge in [-0.05, 0) is 55.6 Å². The number of phenols is 1. The number of aromatic hydroxyl groups is 1. The van der Waals surface area contributed by atoms with Crippen molar-refractivity contribution in [3.05, 3.63) is 42.0 Å². The average molecular weight is 230 g/mol. The SMILES string of the molecule is C=C(C)C1CCC(C)(c2ccccc2O)CC1. The maximum absolute atomic E-state index is 9.99. The molecule has 0 heterocycles. The first-order valence-electron chi connectivity index (χ1n) is 6.47. The lowest BCUT2D eigenvalue weighted by Gasteiger charge is -2.38. The molecular formula is C16H22O. The van der Waals surface area contributed by atoms with E-state index in [1.165, 1.54) is 18.4 Å². The van der Waals surface area contributed by atoms with Crippen LogP contribution >= 0.6 is 0 Å². The molecule has 0 atom stereocenters. The number of allylic oxidation sites excluding steroid dienone is 1. The van der Waals surface area contributed by atoms with Crippen LogP contribution in [0, 0.1) is 5.92 Å². The largest absolute Gasteiger partial charge is 0.508 e. The molecule has 1 aliphatic rings. The van der Waals surface area contributed by atoms with Gasteiger partial charge in [0.1, 0.15) is 5.75 Å².